The first kappa shape index (κ1) is 18.3. The maximum Gasteiger partial charge on any atom is 0.335 e. The van der Waals surface area contributed by atoms with Crippen molar-refractivity contribution in [2.45, 2.75) is 24.8 Å². The number of aryl methyl sites for hydroxylation is 1. The van der Waals surface area contributed by atoms with E-state index < -0.39 is 32.8 Å². The fourth-order valence-corrected chi connectivity index (χ4v) is 4.95. The molecule has 0 amide bonds. The normalized spacial score (nSPS) is 14.7. The Morgan fingerprint density at radius 2 is 2.05 bits per heavy atom. The Morgan fingerprint density at radius 1 is 1.48 bits per heavy atom. The molecule has 0 bridgehead atoms. The van der Waals surface area contributed by atoms with Crippen LogP contribution < -0.4 is 4.72 Å². The van der Waals surface area contributed by atoms with E-state index in [1.165, 1.54) is 12.3 Å². The van der Waals surface area contributed by atoms with Gasteiger partial charge in [-0.2, -0.15) is 0 Å². The zero-order valence-electron chi connectivity index (χ0n) is 11.7. The zero-order chi connectivity index (χ0) is 16.4. The predicted molar refractivity (Wildman–Crippen MR) is 84.6 cm³/mol. The molecule has 0 aliphatic carbocycles. The summed E-state index contributed by atoms with van der Waals surface area (Å²) >= 11 is 3.17. The molecule has 2 N–H and O–H groups in total. The molecule has 118 valence electrons. The van der Waals surface area contributed by atoms with E-state index in [0.717, 1.165) is 6.07 Å². The summed E-state index contributed by atoms with van der Waals surface area (Å²) in [7, 11) is -5.05. The van der Waals surface area contributed by atoms with Crippen LogP contribution in [0.3, 0.4) is 0 Å². The minimum absolute atomic E-state index is 0.109. The Labute approximate surface area is 134 Å². The highest BCUT2D eigenvalue weighted by atomic mass is 79.9. The van der Waals surface area contributed by atoms with Gasteiger partial charge in [0.2, 0.25) is 10.0 Å². The van der Waals surface area contributed by atoms with Gasteiger partial charge in [0.05, 0.1) is 10.5 Å². The molecule has 0 saturated heterocycles. The molecule has 0 aliphatic heterocycles. The average molecular weight is 398 g/mol. The molecule has 1 aromatic rings. The van der Waals surface area contributed by atoms with E-state index in [9.17, 15) is 17.4 Å². The number of rotatable bonds is 6. The lowest BCUT2D eigenvalue weighted by Gasteiger charge is -2.15. The van der Waals surface area contributed by atoms with Crippen molar-refractivity contribution in [1.29, 1.82) is 0 Å². The number of aromatic carboxylic acids is 1. The number of carboxylic acids is 1. The minimum Gasteiger partial charge on any atom is -0.478 e. The van der Waals surface area contributed by atoms with Crippen molar-refractivity contribution >= 4 is 42.7 Å². The lowest BCUT2D eigenvalue weighted by Crippen LogP contribution is -2.36. The second-order valence-corrected chi connectivity index (χ2v) is 8.63. The molecule has 1 rings (SSSR count). The van der Waals surface area contributed by atoms with Gasteiger partial charge in [0, 0.05) is 33.3 Å². The molecule has 0 fully saturated rings. The van der Waals surface area contributed by atoms with Crippen LogP contribution in [0.1, 0.15) is 22.8 Å². The third-order valence-corrected chi connectivity index (χ3v) is 6.50. The molecule has 0 heterocycles. The van der Waals surface area contributed by atoms with Gasteiger partial charge in [0.15, 0.2) is 0 Å². The number of halogens is 1. The Bertz CT molecular complexity index is 687. The average Bonchev–Trinajstić information content (AvgIpc) is 2.29. The molecular formula is C12H16BrNO5S2. The SMILES string of the molecule is Cc1cc(C(=O)O)cc(S(=O)(=O)NC(C)CS(C)=O)c1Br. The summed E-state index contributed by atoms with van der Waals surface area (Å²) in [5, 5.41) is 9.02. The molecule has 0 aliphatic rings. The summed E-state index contributed by atoms with van der Waals surface area (Å²) in [6, 6.07) is 1.95. The van der Waals surface area contributed by atoms with E-state index in [1.807, 2.05) is 0 Å². The summed E-state index contributed by atoms with van der Waals surface area (Å²) < 4.78 is 38.5. The lowest BCUT2D eigenvalue weighted by atomic mass is 10.1. The summed E-state index contributed by atoms with van der Waals surface area (Å²) in [5.74, 6) is -1.03. The zero-order valence-corrected chi connectivity index (χ0v) is 14.9. The summed E-state index contributed by atoms with van der Waals surface area (Å²) in [6.07, 6.45) is 1.48. The molecule has 0 spiro atoms. The van der Waals surface area contributed by atoms with Crippen molar-refractivity contribution in [2.24, 2.45) is 0 Å². The predicted octanol–water partition coefficient (Wildman–Crippen LogP) is 1.50. The number of carbonyl (C=O) groups is 1. The van der Waals surface area contributed by atoms with Gasteiger partial charge in [0.25, 0.3) is 0 Å². The molecule has 0 saturated carbocycles. The fraction of sp³-hybridized carbons (Fsp3) is 0.417. The van der Waals surface area contributed by atoms with Gasteiger partial charge in [-0.25, -0.2) is 17.9 Å². The quantitative estimate of drug-likeness (QED) is 0.757. The Balaban J connectivity index is 3.25. The third-order valence-electron chi connectivity index (χ3n) is 2.60. The van der Waals surface area contributed by atoms with E-state index in [-0.39, 0.29) is 16.2 Å². The second kappa shape index (κ2) is 6.99. The Hall–Kier alpha value is -0.770. The Kier molecular flexibility index (Phi) is 6.09. The van der Waals surface area contributed by atoms with Gasteiger partial charge in [-0.3, -0.25) is 4.21 Å². The van der Waals surface area contributed by atoms with Crippen LogP contribution >= 0.6 is 15.9 Å². The molecule has 6 nitrogen and oxygen atoms in total. The smallest absolute Gasteiger partial charge is 0.335 e. The van der Waals surface area contributed by atoms with E-state index in [1.54, 1.807) is 13.8 Å². The van der Waals surface area contributed by atoms with Crippen molar-refractivity contribution in [1.82, 2.24) is 4.72 Å². The fourth-order valence-electron chi connectivity index (χ4n) is 1.77. The molecule has 2 unspecified atom stereocenters. The van der Waals surface area contributed by atoms with Crippen LogP contribution in [0.2, 0.25) is 0 Å². The monoisotopic (exact) mass is 397 g/mol. The van der Waals surface area contributed by atoms with Gasteiger partial charge in [0.1, 0.15) is 0 Å². The maximum absolute atomic E-state index is 12.3. The van der Waals surface area contributed by atoms with Gasteiger partial charge >= 0.3 is 5.97 Å². The van der Waals surface area contributed by atoms with Crippen molar-refractivity contribution < 1.29 is 22.5 Å². The standard InChI is InChI=1S/C12H16BrNO5S2/c1-7-4-9(12(15)16)5-10(11(7)13)21(18,19)14-8(2)6-20(3)17/h4-5,8,14H,6H2,1-3H3,(H,15,16). The minimum atomic E-state index is -3.91. The van der Waals surface area contributed by atoms with Crippen LogP contribution in [0.4, 0.5) is 0 Å². The number of sulfonamides is 1. The number of nitrogens with one attached hydrogen (secondary N) is 1. The van der Waals surface area contributed by atoms with Gasteiger partial charge in [-0.15, -0.1) is 0 Å². The van der Waals surface area contributed by atoms with E-state index >= 15 is 0 Å². The maximum atomic E-state index is 12.3. The van der Waals surface area contributed by atoms with Crippen LogP contribution in [0.15, 0.2) is 21.5 Å². The van der Waals surface area contributed by atoms with Crippen molar-refractivity contribution in [2.75, 3.05) is 12.0 Å². The van der Waals surface area contributed by atoms with Gasteiger partial charge in [-0.05, 0) is 47.5 Å². The van der Waals surface area contributed by atoms with Crippen molar-refractivity contribution in [3.05, 3.63) is 27.7 Å². The molecule has 1 aromatic carbocycles. The highest BCUT2D eigenvalue weighted by molar-refractivity contribution is 9.10. The van der Waals surface area contributed by atoms with Crippen molar-refractivity contribution in [3.8, 4) is 0 Å². The Morgan fingerprint density at radius 3 is 2.52 bits per heavy atom. The van der Waals surface area contributed by atoms with Crippen molar-refractivity contribution in [3.63, 3.8) is 0 Å². The molecule has 0 radical (unpaired) electrons. The summed E-state index contributed by atoms with van der Waals surface area (Å²) in [5.41, 5.74) is 0.393. The largest absolute Gasteiger partial charge is 0.478 e. The first-order chi connectivity index (χ1) is 9.54. The van der Waals surface area contributed by atoms with Crippen LogP contribution in [0.25, 0.3) is 0 Å². The second-order valence-electron chi connectivity index (χ2n) is 4.67. The number of hydrogen-bond acceptors (Lipinski definition) is 4. The topological polar surface area (TPSA) is 101 Å². The summed E-state index contributed by atoms with van der Waals surface area (Å²) in [6.45, 7) is 3.21. The van der Waals surface area contributed by atoms with Crippen LogP contribution in [0.5, 0.6) is 0 Å². The van der Waals surface area contributed by atoms with Gasteiger partial charge in [-0.1, -0.05) is 0 Å². The third kappa shape index (κ3) is 4.87. The first-order valence-electron chi connectivity index (χ1n) is 5.90. The number of carboxylic acid groups (broad SMARTS) is 1. The highest BCUT2D eigenvalue weighted by Gasteiger charge is 2.23. The first-order valence-corrected chi connectivity index (χ1v) is 9.90. The van der Waals surface area contributed by atoms with E-state index in [0.29, 0.717) is 10.0 Å². The van der Waals surface area contributed by atoms with E-state index in [2.05, 4.69) is 20.7 Å². The molecule has 21 heavy (non-hydrogen) atoms. The molecule has 9 heteroatoms. The van der Waals surface area contributed by atoms with Crippen LogP contribution in [-0.2, 0) is 20.8 Å². The van der Waals surface area contributed by atoms with E-state index in [4.69, 9.17) is 5.11 Å². The van der Waals surface area contributed by atoms with Gasteiger partial charge < -0.3 is 5.11 Å². The lowest BCUT2D eigenvalue weighted by molar-refractivity contribution is 0.0696. The number of benzene rings is 1. The van der Waals surface area contributed by atoms with Crippen LogP contribution in [0, 0.1) is 6.92 Å². The summed E-state index contributed by atoms with van der Waals surface area (Å²) in [4.78, 5) is 10.9. The van der Waals surface area contributed by atoms with Crippen LogP contribution in [-0.4, -0.2) is 41.8 Å². The molecular weight excluding hydrogens is 382 g/mol. The molecule has 2 atom stereocenters. The molecule has 0 aromatic heterocycles. The highest BCUT2D eigenvalue weighted by Crippen LogP contribution is 2.27. The number of hydrogen-bond donors (Lipinski definition) is 2.